The summed E-state index contributed by atoms with van der Waals surface area (Å²) in [5, 5.41) is 3.03. The van der Waals surface area contributed by atoms with E-state index in [1.165, 1.54) is 0 Å². The van der Waals surface area contributed by atoms with Crippen LogP contribution in [0.3, 0.4) is 0 Å². The van der Waals surface area contributed by atoms with E-state index in [4.69, 9.17) is 22.1 Å². The van der Waals surface area contributed by atoms with Gasteiger partial charge < -0.3 is 15.8 Å². The molecule has 0 saturated carbocycles. The highest BCUT2D eigenvalue weighted by molar-refractivity contribution is 9.10. The van der Waals surface area contributed by atoms with E-state index in [0.717, 1.165) is 16.9 Å². The standard InChI is InChI=1S/C20H17BrClN3O2/c21-17-10-16(19(23)25-18(17)22)20(26)24-11-13-6-8-15(9-7-13)27-12-14-4-2-1-3-5-14/h1-10H,11-12H2,(H2,23,25)(H,24,26). The lowest BCUT2D eigenvalue weighted by Gasteiger charge is -2.10. The number of nitrogens with one attached hydrogen (secondary N) is 1. The molecule has 0 fully saturated rings. The molecule has 1 heterocycles. The molecule has 0 atom stereocenters. The van der Waals surface area contributed by atoms with E-state index in [2.05, 4.69) is 26.2 Å². The summed E-state index contributed by atoms with van der Waals surface area (Å²) >= 11 is 9.10. The Balaban J connectivity index is 1.55. The molecule has 7 heteroatoms. The van der Waals surface area contributed by atoms with Gasteiger partial charge in [0, 0.05) is 6.54 Å². The second-order valence-corrected chi connectivity index (χ2v) is 7.01. The molecular weight excluding hydrogens is 430 g/mol. The van der Waals surface area contributed by atoms with Crippen molar-refractivity contribution in [2.45, 2.75) is 13.2 Å². The first-order valence-electron chi connectivity index (χ1n) is 8.18. The molecule has 0 saturated heterocycles. The van der Waals surface area contributed by atoms with E-state index in [9.17, 15) is 4.79 Å². The van der Waals surface area contributed by atoms with Crippen LogP contribution in [0.1, 0.15) is 21.5 Å². The molecule has 0 aliphatic rings. The number of hydrogen-bond donors (Lipinski definition) is 2. The smallest absolute Gasteiger partial charge is 0.255 e. The number of carbonyl (C=O) groups excluding carboxylic acids is 1. The van der Waals surface area contributed by atoms with Crippen molar-refractivity contribution in [1.82, 2.24) is 10.3 Å². The van der Waals surface area contributed by atoms with E-state index >= 15 is 0 Å². The van der Waals surface area contributed by atoms with Crippen LogP contribution < -0.4 is 15.8 Å². The van der Waals surface area contributed by atoms with E-state index in [-0.39, 0.29) is 22.4 Å². The fourth-order valence-corrected chi connectivity index (χ4v) is 2.85. The number of nitrogens with zero attached hydrogens (tertiary/aromatic N) is 1. The van der Waals surface area contributed by atoms with Crippen LogP contribution in [0.2, 0.25) is 5.15 Å². The highest BCUT2D eigenvalue weighted by Gasteiger charge is 2.13. The van der Waals surface area contributed by atoms with Crippen molar-refractivity contribution in [3.8, 4) is 5.75 Å². The molecule has 27 heavy (non-hydrogen) atoms. The number of carbonyl (C=O) groups is 1. The third-order valence-electron chi connectivity index (χ3n) is 3.83. The van der Waals surface area contributed by atoms with Crippen LogP contribution in [0, 0.1) is 0 Å². The molecule has 0 aliphatic carbocycles. The Morgan fingerprint density at radius 2 is 1.81 bits per heavy atom. The van der Waals surface area contributed by atoms with Gasteiger partial charge in [0.25, 0.3) is 5.91 Å². The third-order valence-corrected chi connectivity index (χ3v) is 4.95. The number of halogens is 2. The van der Waals surface area contributed by atoms with Crippen LogP contribution in [0.4, 0.5) is 5.82 Å². The second-order valence-electron chi connectivity index (χ2n) is 5.79. The van der Waals surface area contributed by atoms with E-state index < -0.39 is 0 Å². The van der Waals surface area contributed by atoms with Crippen LogP contribution in [0.5, 0.6) is 5.75 Å². The predicted molar refractivity (Wildman–Crippen MR) is 110 cm³/mol. The molecule has 138 valence electrons. The van der Waals surface area contributed by atoms with Gasteiger partial charge in [-0.1, -0.05) is 54.1 Å². The fourth-order valence-electron chi connectivity index (χ4n) is 2.38. The maximum atomic E-state index is 12.3. The average Bonchev–Trinajstić information content (AvgIpc) is 2.69. The summed E-state index contributed by atoms with van der Waals surface area (Å²) in [5.41, 5.74) is 8.09. The van der Waals surface area contributed by atoms with Crippen LogP contribution >= 0.6 is 27.5 Å². The number of hydrogen-bond acceptors (Lipinski definition) is 4. The molecule has 1 aromatic heterocycles. The van der Waals surface area contributed by atoms with Crippen molar-refractivity contribution in [1.29, 1.82) is 0 Å². The fraction of sp³-hybridized carbons (Fsp3) is 0.100. The van der Waals surface area contributed by atoms with Gasteiger partial charge in [-0.15, -0.1) is 0 Å². The summed E-state index contributed by atoms with van der Waals surface area (Å²) in [6, 6.07) is 19.1. The molecule has 1 amide bonds. The largest absolute Gasteiger partial charge is 0.489 e. The molecule has 0 unspecified atom stereocenters. The van der Waals surface area contributed by atoms with Crippen LogP contribution in [0.25, 0.3) is 0 Å². The maximum absolute atomic E-state index is 12.3. The van der Waals surface area contributed by atoms with Crippen LogP contribution in [0.15, 0.2) is 65.1 Å². The van der Waals surface area contributed by atoms with Crippen molar-refractivity contribution >= 4 is 39.3 Å². The summed E-state index contributed by atoms with van der Waals surface area (Å²) in [6.07, 6.45) is 0. The molecular formula is C20H17BrClN3O2. The van der Waals surface area contributed by atoms with Gasteiger partial charge in [-0.2, -0.15) is 0 Å². The molecule has 3 rings (SSSR count). The van der Waals surface area contributed by atoms with E-state index in [0.29, 0.717) is 17.6 Å². The lowest BCUT2D eigenvalue weighted by atomic mass is 10.2. The summed E-state index contributed by atoms with van der Waals surface area (Å²) in [6.45, 7) is 0.867. The maximum Gasteiger partial charge on any atom is 0.255 e. The molecule has 0 bridgehead atoms. The number of ether oxygens (including phenoxy) is 1. The summed E-state index contributed by atoms with van der Waals surface area (Å²) in [4.78, 5) is 16.2. The minimum Gasteiger partial charge on any atom is -0.489 e. The van der Waals surface area contributed by atoms with Crippen LogP contribution in [-0.2, 0) is 13.2 Å². The lowest BCUT2D eigenvalue weighted by molar-refractivity contribution is 0.0951. The van der Waals surface area contributed by atoms with Gasteiger partial charge in [-0.05, 0) is 45.3 Å². The quantitative estimate of drug-likeness (QED) is 0.543. The molecule has 2 aromatic carbocycles. The van der Waals surface area contributed by atoms with Gasteiger partial charge in [-0.3, -0.25) is 4.79 Å². The number of amides is 1. The molecule has 0 spiro atoms. The molecule has 3 N–H and O–H groups in total. The Kier molecular flexibility index (Phi) is 6.32. The second kappa shape index (κ2) is 8.88. The number of pyridine rings is 1. The Bertz CT molecular complexity index is 934. The minimum atomic E-state index is -0.318. The number of anilines is 1. The average molecular weight is 447 g/mol. The number of aromatic nitrogens is 1. The lowest BCUT2D eigenvalue weighted by Crippen LogP contribution is -2.24. The molecule has 5 nitrogen and oxygen atoms in total. The molecule has 0 radical (unpaired) electrons. The van der Waals surface area contributed by atoms with Crippen molar-refractivity contribution < 1.29 is 9.53 Å². The van der Waals surface area contributed by atoms with Crippen molar-refractivity contribution in [3.05, 3.63) is 87.0 Å². The number of nitrogen functional groups attached to an aromatic ring is 1. The number of benzene rings is 2. The molecule has 0 aliphatic heterocycles. The first-order chi connectivity index (χ1) is 13.0. The summed E-state index contributed by atoms with van der Waals surface area (Å²) in [5.74, 6) is 0.538. The van der Waals surface area contributed by atoms with Crippen molar-refractivity contribution in [2.75, 3.05) is 5.73 Å². The first kappa shape index (κ1) is 19.2. The number of nitrogens with two attached hydrogens (primary N) is 1. The normalized spacial score (nSPS) is 10.4. The number of rotatable bonds is 6. The van der Waals surface area contributed by atoms with Gasteiger partial charge in [0.1, 0.15) is 23.3 Å². The van der Waals surface area contributed by atoms with E-state index in [1.54, 1.807) is 6.07 Å². The predicted octanol–water partition coefficient (Wildman–Crippen LogP) is 4.59. The van der Waals surface area contributed by atoms with Crippen molar-refractivity contribution in [2.24, 2.45) is 0 Å². The third kappa shape index (κ3) is 5.21. The Labute approximate surface area is 170 Å². The highest BCUT2D eigenvalue weighted by Crippen LogP contribution is 2.24. The Morgan fingerprint density at radius 1 is 1.11 bits per heavy atom. The zero-order valence-electron chi connectivity index (χ0n) is 14.3. The SMILES string of the molecule is Nc1nc(Cl)c(Br)cc1C(=O)NCc1ccc(OCc2ccccc2)cc1. The zero-order chi connectivity index (χ0) is 19.2. The van der Waals surface area contributed by atoms with Gasteiger partial charge >= 0.3 is 0 Å². The van der Waals surface area contributed by atoms with Gasteiger partial charge in [0.05, 0.1) is 10.0 Å². The van der Waals surface area contributed by atoms with Gasteiger partial charge in [0.2, 0.25) is 0 Å². The zero-order valence-corrected chi connectivity index (χ0v) is 16.6. The molecule has 3 aromatic rings. The summed E-state index contributed by atoms with van der Waals surface area (Å²) in [7, 11) is 0. The van der Waals surface area contributed by atoms with Gasteiger partial charge in [0.15, 0.2) is 0 Å². The monoisotopic (exact) mass is 445 g/mol. The van der Waals surface area contributed by atoms with Crippen LogP contribution in [-0.4, -0.2) is 10.9 Å². The first-order valence-corrected chi connectivity index (χ1v) is 9.35. The Hall–Kier alpha value is -2.57. The highest BCUT2D eigenvalue weighted by atomic mass is 79.9. The Morgan fingerprint density at radius 3 is 2.52 bits per heavy atom. The van der Waals surface area contributed by atoms with Gasteiger partial charge in [-0.25, -0.2) is 4.98 Å². The van der Waals surface area contributed by atoms with Crippen molar-refractivity contribution in [3.63, 3.8) is 0 Å². The van der Waals surface area contributed by atoms with E-state index in [1.807, 2.05) is 54.6 Å². The topological polar surface area (TPSA) is 77.2 Å². The minimum absolute atomic E-state index is 0.0883. The summed E-state index contributed by atoms with van der Waals surface area (Å²) < 4.78 is 6.27.